The summed E-state index contributed by atoms with van der Waals surface area (Å²) < 4.78 is 12.0. The number of benzene rings is 1. The minimum Gasteiger partial charge on any atom is -0.337 e. The average Bonchev–Trinajstić information content (AvgIpc) is 2.55. The zero-order valence-corrected chi connectivity index (χ0v) is 13.4. The van der Waals surface area contributed by atoms with Crippen LogP contribution in [0.15, 0.2) is 35.2 Å². The van der Waals surface area contributed by atoms with Crippen LogP contribution < -0.4 is 5.32 Å². The molecule has 0 saturated heterocycles. The van der Waals surface area contributed by atoms with Crippen molar-refractivity contribution < 1.29 is 9.00 Å². The lowest BCUT2D eigenvalue weighted by Gasteiger charge is -2.31. The molecule has 4 nitrogen and oxygen atoms in total. The van der Waals surface area contributed by atoms with Gasteiger partial charge in [0.15, 0.2) is 0 Å². The molecule has 1 aromatic carbocycles. The highest BCUT2D eigenvalue weighted by Gasteiger charge is 2.21. The number of hydrogen-bond donors (Lipinski definition) is 1. The molecule has 0 heterocycles. The van der Waals surface area contributed by atoms with Crippen molar-refractivity contribution in [3.63, 3.8) is 0 Å². The molecule has 0 radical (unpaired) electrons. The molecule has 1 fully saturated rings. The summed E-state index contributed by atoms with van der Waals surface area (Å²) in [6, 6.07) is 9.68. The topological polar surface area (TPSA) is 49.4 Å². The Balaban J connectivity index is 1.72. The van der Waals surface area contributed by atoms with E-state index in [1.54, 1.807) is 0 Å². The van der Waals surface area contributed by atoms with Crippen LogP contribution in [0.25, 0.3) is 0 Å². The Morgan fingerprint density at radius 2 is 1.90 bits per heavy atom. The lowest BCUT2D eigenvalue weighted by atomic mass is 9.95. The fourth-order valence-electron chi connectivity index (χ4n) is 2.70. The molecule has 1 unspecified atom stereocenters. The van der Waals surface area contributed by atoms with Crippen LogP contribution >= 0.6 is 0 Å². The summed E-state index contributed by atoms with van der Waals surface area (Å²) in [4.78, 5) is 14.7. The second-order valence-electron chi connectivity index (χ2n) is 5.50. The summed E-state index contributed by atoms with van der Waals surface area (Å²) in [6.07, 6.45) is 5.89. The quantitative estimate of drug-likeness (QED) is 0.909. The summed E-state index contributed by atoms with van der Waals surface area (Å²) in [5.41, 5.74) is 0. The number of nitrogens with zero attached hydrogens (tertiary/aromatic N) is 1. The van der Waals surface area contributed by atoms with E-state index in [0.29, 0.717) is 18.3 Å². The monoisotopic (exact) mass is 308 g/mol. The number of carbonyl (C=O) groups is 1. The maximum absolute atomic E-state index is 12.1. The van der Waals surface area contributed by atoms with Crippen molar-refractivity contribution in [3.8, 4) is 0 Å². The van der Waals surface area contributed by atoms with Gasteiger partial charge in [0, 0.05) is 30.3 Å². The second-order valence-corrected chi connectivity index (χ2v) is 7.07. The lowest BCUT2D eigenvalue weighted by Crippen LogP contribution is -2.45. The van der Waals surface area contributed by atoms with Crippen molar-refractivity contribution in [2.75, 3.05) is 19.3 Å². The Morgan fingerprint density at radius 3 is 2.57 bits per heavy atom. The fourth-order valence-corrected chi connectivity index (χ4v) is 3.68. The van der Waals surface area contributed by atoms with Crippen molar-refractivity contribution in [2.45, 2.75) is 43.0 Å². The Morgan fingerprint density at radius 1 is 1.24 bits per heavy atom. The number of hydrogen-bond acceptors (Lipinski definition) is 2. The fraction of sp³-hybridized carbons (Fsp3) is 0.562. The van der Waals surface area contributed by atoms with Crippen molar-refractivity contribution in [2.24, 2.45) is 0 Å². The number of carbonyl (C=O) groups excluding carboxylic acids is 1. The molecule has 116 valence electrons. The number of amides is 2. The normalized spacial score (nSPS) is 17.2. The zero-order chi connectivity index (χ0) is 15.1. The first-order valence-corrected chi connectivity index (χ1v) is 8.94. The predicted molar refractivity (Wildman–Crippen MR) is 85.8 cm³/mol. The molecule has 1 atom stereocenters. The first kappa shape index (κ1) is 16.0. The Bertz CT molecular complexity index is 472. The number of nitrogens with one attached hydrogen (secondary N) is 1. The van der Waals surface area contributed by atoms with Gasteiger partial charge in [-0.2, -0.15) is 0 Å². The van der Waals surface area contributed by atoms with Crippen LogP contribution in [0.5, 0.6) is 0 Å². The molecule has 0 aliphatic heterocycles. The van der Waals surface area contributed by atoms with Gasteiger partial charge < -0.3 is 10.2 Å². The van der Waals surface area contributed by atoms with Crippen LogP contribution in [0, 0.1) is 0 Å². The van der Waals surface area contributed by atoms with Gasteiger partial charge in [0.1, 0.15) is 0 Å². The molecule has 0 bridgehead atoms. The van der Waals surface area contributed by atoms with Crippen molar-refractivity contribution in [1.82, 2.24) is 10.2 Å². The third kappa shape index (κ3) is 4.84. The molecule has 5 heteroatoms. The highest BCUT2D eigenvalue weighted by atomic mass is 32.2. The Hall–Kier alpha value is -1.36. The van der Waals surface area contributed by atoms with Gasteiger partial charge in [0.2, 0.25) is 0 Å². The summed E-state index contributed by atoms with van der Waals surface area (Å²) in [5.74, 6) is 0.453. The van der Waals surface area contributed by atoms with E-state index in [9.17, 15) is 9.00 Å². The van der Waals surface area contributed by atoms with Gasteiger partial charge in [-0.3, -0.25) is 4.21 Å². The smallest absolute Gasteiger partial charge is 0.317 e. The molecular weight excluding hydrogens is 284 g/mol. The van der Waals surface area contributed by atoms with E-state index in [-0.39, 0.29) is 6.03 Å². The first-order valence-electron chi connectivity index (χ1n) is 7.62. The summed E-state index contributed by atoms with van der Waals surface area (Å²) in [7, 11) is 0.810. The van der Waals surface area contributed by atoms with Gasteiger partial charge in [-0.15, -0.1) is 0 Å². The Labute approximate surface area is 129 Å². The van der Waals surface area contributed by atoms with E-state index in [2.05, 4.69) is 5.32 Å². The molecule has 0 spiro atoms. The Kier molecular flexibility index (Phi) is 6.23. The van der Waals surface area contributed by atoms with Crippen LogP contribution in [0.2, 0.25) is 0 Å². The molecule has 1 N–H and O–H groups in total. The third-order valence-corrected chi connectivity index (χ3v) is 5.39. The zero-order valence-electron chi connectivity index (χ0n) is 12.6. The van der Waals surface area contributed by atoms with Crippen molar-refractivity contribution in [3.05, 3.63) is 30.3 Å². The lowest BCUT2D eigenvalue weighted by molar-refractivity contribution is 0.174. The number of urea groups is 1. The van der Waals surface area contributed by atoms with Crippen molar-refractivity contribution in [1.29, 1.82) is 0 Å². The van der Waals surface area contributed by atoms with E-state index >= 15 is 0 Å². The van der Waals surface area contributed by atoms with Crippen LogP contribution in [-0.4, -0.2) is 40.5 Å². The van der Waals surface area contributed by atoms with Gasteiger partial charge >= 0.3 is 6.03 Å². The molecule has 0 aromatic heterocycles. The van der Waals surface area contributed by atoms with Crippen LogP contribution in [0.4, 0.5) is 4.79 Å². The summed E-state index contributed by atoms with van der Waals surface area (Å²) >= 11 is 0. The standard InChI is InChI=1S/C16H24N2O2S/c1-18(14-8-4-2-5-9-14)16(19)17-12-13-21(20)15-10-6-3-7-11-15/h3,6-7,10-11,14H,2,4-5,8-9,12-13H2,1H3,(H,17,19). The highest BCUT2D eigenvalue weighted by Crippen LogP contribution is 2.21. The third-order valence-electron chi connectivity index (χ3n) is 4.01. The van der Waals surface area contributed by atoms with Gasteiger partial charge in [-0.05, 0) is 25.0 Å². The second kappa shape index (κ2) is 8.17. The van der Waals surface area contributed by atoms with Gasteiger partial charge in [-0.25, -0.2) is 4.79 Å². The molecule has 1 saturated carbocycles. The van der Waals surface area contributed by atoms with Crippen LogP contribution in [0.3, 0.4) is 0 Å². The minimum atomic E-state index is -1.05. The van der Waals surface area contributed by atoms with Gasteiger partial charge in [0.05, 0.1) is 10.8 Å². The van der Waals surface area contributed by atoms with Gasteiger partial charge in [-0.1, -0.05) is 37.5 Å². The van der Waals surface area contributed by atoms with Crippen molar-refractivity contribution >= 4 is 16.8 Å². The largest absolute Gasteiger partial charge is 0.337 e. The molecular formula is C16H24N2O2S. The van der Waals surface area contributed by atoms with E-state index in [1.807, 2.05) is 42.3 Å². The maximum atomic E-state index is 12.1. The summed E-state index contributed by atoms with van der Waals surface area (Å²) in [5, 5.41) is 2.87. The highest BCUT2D eigenvalue weighted by molar-refractivity contribution is 7.85. The predicted octanol–water partition coefficient (Wildman–Crippen LogP) is 2.77. The molecule has 21 heavy (non-hydrogen) atoms. The molecule has 1 aromatic rings. The first-order chi connectivity index (χ1) is 10.2. The SMILES string of the molecule is CN(C(=O)NCCS(=O)c1ccccc1)C1CCCCC1. The average molecular weight is 308 g/mol. The maximum Gasteiger partial charge on any atom is 0.317 e. The van der Waals surface area contributed by atoms with E-state index in [4.69, 9.17) is 0 Å². The van der Waals surface area contributed by atoms with E-state index < -0.39 is 10.8 Å². The molecule has 2 rings (SSSR count). The van der Waals surface area contributed by atoms with E-state index in [0.717, 1.165) is 17.7 Å². The molecule has 1 aliphatic rings. The molecule has 2 amide bonds. The van der Waals surface area contributed by atoms with Crippen LogP contribution in [-0.2, 0) is 10.8 Å². The summed E-state index contributed by atoms with van der Waals surface area (Å²) in [6.45, 7) is 0.442. The van der Waals surface area contributed by atoms with Gasteiger partial charge in [0.25, 0.3) is 0 Å². The van der Waals surface area contributed by atoms with Crippen LogP contribution in [0.1, 0.15) is 32.1 Å². The van der Waals surface area contributed by atoms with E-state index in [1.165, 1.54) is 19.3 Å². The molecule has 1 aliphatic carbocycles. The minimum absolute atomic E-state index is 0.0491. The number of rotatable bonds is 5.